The van der Waals surface area contributed by atoms with Gasteiger partial charge in [0.05, 0.1) is 0 Å². The number of aromatic hydroxyl groups is 1. The maximum absolute atomic E-state index is 9.16. The maximum Gasteiger partial charge on any atom is 0.118 e. The van der Waals surface area contributed by atoms with Gasteiger partial charge in [0.2, 0.25) is 0 Å². The summed E-state index contributed by atoms with van der Waals surface area (Å²) in [4.78, 5) is 2.19. The molecular weight excluding hydrogens is 178 g/mol. The second kappa shape index (κ2) is 4.33. The van der Waals surface area contributed by atoms with Gasteiger partial charge >= 0.3 is 0 Å². The van der Waals surface area contributed by atoms with Gasteiger partial charge in [-0.3, -0.25) is 0 Å². The smallest absolute Gasteiger partial charge is 0.118 e. The van der Waals surface area contributed by atoms with Crippen LogP contribution in [0.4, 0.5) is 5.69 Å². The van der Waals surface area contributed by atoms with Crippen LogP contribution in [0.25, 0.3) is 0 Å². The quantitative estimate of drug-likeness (QED) is 0.740. The minimum atomic E-state index is 0.310. The Balaban J connectivity index is 2.08. The van der Waals surface area contributed by atoms with Crippen LogP contribution in [-0.2, 0) is 4.74 Å². The molecule has 76 valence electrons. The summed E-state index contributed by atoms with van der Waals surface area (Å²) in [6, 6.07) is 7.26. The van der Waals surface area contributed by atoms with E-state index in [2.05, 4.69) is 4.90 Å². The number of hydrogen-bond acceptors (Lipinski definition) is 3. The van der Waals surface area contributed by atoms with Crippen molar-refractivity contribution < 1.29 is 9.84 Å². The third-order valence-corrected chi connectivity index (χ3v) is 2.43. The lowest BCUT2D eigenvalue weighted by Gasteiger charge is -2.21. The van der Waals surface area contributed by atoms with Gasteiger partial charge in [-0.2, -0.15) is 0 Å². The van der Waals surface area contributed by atoms with Gasteiger partial charge in [-0.1, -0.05) is 0 Å². The van der Waals surface area contributed by atoms with Gasteiger partial charge in [0, 0.05) is 18.8 Å². The van der Waals surface area contributed by atoms with Crippen molar-refractivity contribution in [1.82, 2.24) is 0 Å². The standard InChI is InChI=1S/C11H15NO2/c13-11-5-3-10(4-6-11)12-7-1-2-8-14-9-12/h3-6,13H,1-2,7-9H2. The van der Waals surface area contributed by atoms with Crippen LogP contribution in [0.2, 0.25) is 0 Å². The molecule has 0 aromatic heterocycles. The lowest BCUT2D eigenvalue weighted by Crippen LogP contribution is -2.24. The van der Waals surface area contributed by atoms with Crippen molar-refractivity contribution in [2.75, 3.05) is 24.8 Å². The van der Waals surface area contributed by atoms with Crippen molar-refractivity contribution >= 4 is 5.69 Å². The number of rotatable bonds is 1. The fraction of sp³-hybridized carbons (Fsp3) is 0.455. The van der Waals surface area contributed by atoms with Gasteiger partial charge in [0.25, 0.3) is 0 Å². The molecule has 1 saturated heterocycles. The van der Waals surface area contributed by atoms with Gasteiger partial charge in [0.15, 0.2) is 0 Å². The van der Waals surface area contributed by atoms with Crippen LogP contribution in [0.5, 0.6) is 5.75 Å². The number of anilines is 1. The lowest BCUT2D eigenvalue weighted by atomic mass is 10.2. The highest BCUT2D eigenvalue weighted by Gasteiger charge is 2.09. The third-order valence-electron chi connectivity index (χ3n) is 2.43. The van der Waals surface area contributed by atoms with Crippen molar-refractivity contribution in [2.45, 2.75) is 12.8 Å². The molecule has 0 bridgehead atoms. The first-order valence-electron chi connectivity index (χ1n) is 4.98. The van der Waals surface area contributed by atoms with Crippen LogP contribution in [0.1, 0.15) is 12.8 Å². The SMILES string of the molecule is Oc1ccc(N2CCCCOC2)cc1. The van der Waals surface area contributed by atoms with Crippen molar-refractivity contribution in [3.8, 4) is 5.75 Å². The van der Waals surface area contributed by atoms with Crippen LogP contribution in [0.15, 0.2) is 24.3 Å². The summed E-state index contributed by atoms with van der Waals surface area (Å²) < 4.78 is 5.46. The Bertz CT molecular complexity index is 276. The van der Waals surface area contributed by atoms with Crippen LogP contribution in [0.3, 0.4) is 0 Å². The Morgan fingerprint density at radius 2 is 1.93 bits per heavy atom. The highest BCUT2D eigenvalue weighted by Crippen LogP contribution is 2.19. The summed E-state index contributed by atoms with van der Waals surface area (Å²) >= 11 is 0. The monoisotopic (exact) mass is 193 g/mol. The summed E-state index contributed by atoms with van der Waals surface area (Å²) in [5, 5.41) is 9.16. The fourth-order valence-electron chi connectivity index (χ4n) is 1.61. The second-order valence-corrected chi connectivity index (χ2v) is 3.52. The Hall–Kier alpha value is -1.22. The molecule has 3 heteroatoms. The first kappa shape index (κ1) is 9.34. The predicted molar refractivity (Wildman–Crippen MR) is 55.5 cm³/mol. The summed E-state index contributed by atoms with van der Waals surface area (Å²) in [5.74, 6) is 0.310. The molecule has 2 rings (SSSR count). The van der Waals surface area contributed by atoms with Crippen LogP contribution in [0, 0.1) is 0 Å². The lowest BCUT2D eigenvalue weighted by molar-refractivity contribution is 0.146. The van der Waals surface area contributed by atoms with Gasteiger partial charge < -0.3 is 14.7 Å². The molecule has 1 N–H and O–H groups in total. The van der Waals surface area contributed by atoms with E-state index < -0.39 is 0 Å². The third kappa shape index (κ3) is 2.17. The average Bonchev–Trinajstić information content (AvgIpc) is 2.47. The molecule has 0 atom stereocenters. The normalized spacial score (nSPS) is 17.9. The molecule has 0 radical (unpaired) electrons. The highest BCUT2D eigenvalue weighted by molar-refractivity contribution is 5.48. The molecule has 1 aliphatic rings. The van der Waals surface area contributed by atoms with E-state index in [1.165, 1.54) is 6.42 Å². The first-order chi connectivity index (χ1) is 6.86. The van der Waals surface area contributed by atoms with Crippen molar-refractivity contribution in [1.29, 1.82) is 0 Å². The van der Waals surface area contributed by atoms with E-state index in [1.54, 1.807) is 12.1 Å². The van der Waals surface area contributed by atoms with Gasteiger partial charge in [0.1, 0.15) is 12.5 Å². The number of benzene rings is 1. The maximum atomic E-state index is 9.16. The second-order valence-electron chi connectivity index (χ2n) is 3.52. The molecule has 0 aliphatic carbocycles. The van der Waals surface area contributed by atoms with E-state index in [9.17, 15) is 0 Å². The number of phenolic OH excluding ortho intramolecular Hbond substituents is 1. The Kier molecular flexibility index (Phi) is 2.89. The zero-order valence-corrected chi connectivity index (χ0v) is 8.15. The van der Waals surface area contributed by atoms with E-state index in [0.29, 0.717) is 12.5 Å². The van der Waals surface area contributed by atoms with Crippen molar-refractivity contribution in [3.05, 3.63) is 24.3 Å². The summed E-state index contributed by atoms with van der Waals surface area (Å²) in [6.45, 7) is 2.55. The summed E-state index contributed by atoms with van der Waals surface area (Å²) in [6.07, 6.45) is 2.30. The zero-order valence-electron chi connectivity index (χ0n) is 8.15. The molecule has 0 spiro atoms. The van der Waals surface area contributed by atoms with Crippen LogP contribution < -0.4 is 4.90 Å². The minimum Gasteiger partial charge on any atom is -0.508 e. The minimum absolute atomic E-state index is 0.310. The fourth-order valence-corrected chi connectivity index (χ4v) is 1.61. The highest BCUT2D eigenvalue weighted by atomic mass is 16.5. The molecule has 1 aromatic carbocycles. The molecule has 3 nitrogen and oxygen atoms in total. The van der Waals surface area contributed by atoms with E-state index in [-0.39, 0.29) is 0 Å². The van der Waals surface area contributed by atoms with Gasteiger partial charge in [-0.05, 0) is 37.1 Å². The Labute approximate surface area is 83.9 Å². The molecule has 14 heavy (non-hydrogen) atoms. The average molecular weight is 193 g/mol. The number of ether oxygens (including phenoxy) is 1. The first-order valence-corrected chi connectivity index (χ1v) is 4.98. The molecule has 1 heterocycles. The van der Waals surface area contributed by atoms with E-state index in [4.69, 9.17) is 9.84 Å². The molecule has 0 amide bonds. The molecule has 1 fully saturated rings. The van der Waals surface area contributed by atoms with Crippen LogP contribution in [-0.4, -0.2) is 25.0 Å². The molecule has 1 aliphatic heterocycles. The largest absolute Gasteiger partial charge is 0.508 e. The molecular formula is C11H15NO2. The summed E-state index contributed by atoms with van der Waals surface area (Å²) in [7, 11) is 0. The molecule has 0 saturated carbocycles. The Morgan fingerprint density at radius 1 is 1.14 bits per heavy atom. The van der Waals surface area contributed by atoms with E-state index in [0.717, 1.165) is 25.3 Å². The molecule has 1 aromatic rings. The zero-order chi connectivity index (χ0) is 9.80. The van der Waals surface area contributed by atoms with Gasteiger partial charge in [-0.15, -0.1) is 0 Å². The van der Waals surface area contributed by atoms with Crippen molar-refractivity contribution in [2.24, 2.45) is 0 Å². The number of phenols is 1. The number of hydrogen-bond donors (Lipinski definition) is 1. The van der Waals surface area contributed by atoms with Gasteiger partial charge in [-0.25, -0.2) is 0 Å². The van der Waals surface area contributed by atoms with Crippen molar-refractivity contribution in [3.63, 3.8) is 0 Å². The summed E-state index contributed by atoms with van der Waals surface area (Å²) in [5.41, 5.74) is 1.12. The topological polar surface area (TPSA) is 32.7 Å². The van der Waals surface area contributed by atoms with E-state index in [1.807, 2.05) is 12.1 Å². The Morgan fingerprint density at radius 3 is 2.71 bits per heavy atom. The predicted octanol–water partition coefficient (Wildman–Crippen LogP) is 1.97. The number of nitrogens with zero attached hydrogens (tertiary/aromatic N) is 1. The molecule has 0 unspecified atom stereocenters. The van der Waals surface area contributed by atoms with E-state index >= 15 is 0 Å². The van der Waals surface area contributed by atoms with Crippen LogP contribution >= 0.6 is 0 Å².